The van der Waals surface area contributed by atoms with Gasteiger partial charge < -0.3 is 10.6 Å². The van der Waals surface area contributed by atoms with E-state index in [1.165, 1.54) is 18.2 Å². The first-order valence-electron chi connectivity index (χ1n) is 6.81. The number of thioether (sulfide) groups is 1. The van der Waals surface area contributed by atoms with Crippen LogP contribution in [0.2, 0.25) is 0 Å². The fourth-order valence-corrected chi connectivity index (χ4v) is 2.43. The summed E-state index contributed by atoms with van der Waals surface area (Å²) in [4.78, 5) is 22.6. The first-order valence-corrected chi connectivity index (χ1v) is 8.21. The van der Waals surface area contributed by atoms with Crippen LogP contribution in [0.1, 0.15) is 30.6 Å². The van der Waals surface area contributed by atoms with Crippen LogP contribution in [-0.4, -0.2) is 35.4 Å². The molecule has 0 aliphatic heterocycles. The van der Waals surface area contributed by atoms with Crippen molar-refractivity contribution in [3.8, 4) is 0 Å². The standard InChI is InChI=1S/C14H21N3O3S/c1-4-15-12-9-11(5-6-13(12)17(19)20)14(18)16-10(2)7-8-21-3/h5-6,9-10,15H,4,7-8H2,1-3H3,(H,16,18). The maximum atomic E-state index is 12.1. The number of nitrogens with zero attached hydrogens (tertiary/aromatic N) is 1. The number of carbonyl (C=O) groups is 1. The van der Waals surface area contributed by atoms with Crippen molar-refractivity contribution in [3.05, 3.63) is 33.9 Å². The van der Waals surface area contributed by atoms with Crippen LogP contribution in [0.25, 0.3) is 0 Å². The van der Waals surface area contributed by atoms with Crippen molar-refractivity contribution in [1.29, 1.82) is 0 Å². The SMILES string of the molecule is CCNc1cc(C(=O)NC(C)CCSC)ccc1[N+](=O)[O-]. The van der Waals surface area contributed by atoms with Gasteiger partial charge in [-0.05, 0) is 44.4 Å². The average Bonchev–Trinajstić information content (AvgIpc) is 2.45. The number of carbonyl (C=O) groups excluding carboxylic acids is 1. The van der Waals surface area contributed by atoms with Gasteiger partial charge in [0.2, 0.25) is 0 Å². The third-order valence-corrected chi connectivity index (χ3v) is 3.60. The van der Waals surface area contributed by atoms with E-state index in [0.717, 1.165) is 12.2 Å². The van der Waals surface area contributed by atoms with Crippen LogP contribution in [0, 0.1) is 10.1 Å². The number of benzene rings is 1. The summed E-state index contributed by atoms with van der Waals surface area (Å²) in [7, 11) is 0. The van der Waals surface area contributed by atoms with Crippen LogP contribution in [0.5, 0.6) is 0 Å². The van der Waals surface area contributed by atoms with Crippen molar-refractivity contribution in [2.45, 2.75) is 26.3 Å². The molecule has 1 amide bonds. The van der Waals surface area contributed by atoms with Crippen molar-refractivity contribution in [2.75, 3.05) is 23.9 Å². The van der Waals surface area contributed by atoms with Crippen LogP contribution in [-0.2, 0) is 0 Å². The summed E-state index contributed by atoms with van der Waals surface area (Å²) in [5.41, 5.74) is 0.767. The molecule has 0 aliphatic rings. The van der Waals surface area contributed by atoms with Gasteiger partial charge in [0.1, 0.15) is 5.69 Å². The molecule has 1 aromatic rings. The van der Waals surface area contributed by atoms with E-state index in [0.29, 0.717) is 17.8 Å². The Morgan fingerprint density at radius 3 is 2.76 bits per heavy atom. The van der Waals surface area contributed by atoms with Gasteiger partial charge in [-0.3, -0.25) is 14.9 Å². The summed E-state index contributed by atoms with van der Waals surface area (Å²) < 4.78 is 0. The van der Waals surface area contributed by atoms with E-state index in [9.17, 15) is 14.9 Å². The van der Waals surface area contributed by atoms with Gasteiger partial charge in [0.05, 0.1) is 4.92 Å². The number of hydrogen-bond acceptors (Lipinski definition) is 5. The Morgan fingerprint density at radius 1 is 1.48 bits per heavy atom. The lowest BCUT2D eigenvalue weighted by atomic mass is 10.1. The Labute approximate surface area is 128 Å². The molecule has 0 saturated carbocycles. The molecule has 21 heavy (non-hydrogen) atoms. The fraction of sp³-hybridized carbons (Fsp3) is 0.500. The van der Waals surface area contributed by atoms with E-state index < -0.39 is 4.92 Å². The van der Waals surface area contributed by atoms with E-state index in [2.05, 4.69) is 10.6 Å². The molecule has 0 fully saturated rings. The summed E-state index contributed by atoms with van der Waals surface area (Å²) in [6.45, 7) is 4.35. The average molecular weight is 311 g/mol. The smallest absolute Gasteiger partial charge is 0.292 e. The number of amides is 1. The van der Waals surface area contributed by atoms with Crippen molar-refractivity contribution >= 4 is 29.0 Å². The predicted octanol–water partition coefficient (Wildman–Crippen LogP) is 2.90. The molecule has 1 rings (SSSR count). The molecule has 0 aromatic heterocycles. The topological polar surface area (TPSA) is 84.3 Å². The predicted molar refractivity (Wildman–Crippen MR) is 87.2 cm³/mol. The molecule has 6 nitrogen and oxygen atoms in total. The Morgan fingerprint density at radius 2 is 2.19 bits per heavy atom. The van der Waals surface area contributed by atoms with E-state index in [-0.39, 0.29) is 17.6 Å². The number of rotatable bonds is 8. The zero-order valence-electron chi connectivity index (χ0n) is 12.5. The number of nitro benzene ring substituents is 1. The van der Waals surface area contributed by atoms with Gasteiger partial charge in [-0.1, -0.05) is 0 Å². The zero-order chi connectivity index (χ0) is 15.8. The van der Waals surface area contributed by atoms with Crippen LogP contribution >= 0.6 is 11.8 Å². The third-order valence-electron chi connectivity index (χ3n) is 2.96. The highest BCUT2D eigenvalue weighted by molar-refractivity contribution is 7.98. The van der Waals surface area contributed by atoms with Gasteiger partial charge in [0.25, 0.3) is 11.6 Å². The van der Waals surface area contributed by atoms with Crippen LogP contribution in [0.15, 0.2) is 18.2 Å². The second-order valence-electron chi connectivity index (χ2n) is 4.68. The molecule has 0 heterocycles. The van der Waals surface area contributed by atoms with Gasteiger partial charge in [-0.25, -0.2) is 0 Å². The molecule has 7 heteroatoms. The lowest BCUT2D eigenvalue weighted by molar-refractivity contribution is -0.384. The molecular weight excluding hydrogens is 290 g/mol. The highest BCUT2D eigenvalue weighted by atomic mass is 32.2. The molecule has 2 N–H and O–H groups in total. The van der Waals surface area contributed by atoms with Gasteiger partial charge >= 0.3 is 0 Å². The van der Waals surface area contributed by atoms with E-state index in [4.69, 9.17) is 0 Å². The number of anilines is 1. The lowest BCUT2D eigenvalue weighted by Gasteiger charge is -2.14. The number of nitrogens with one attached hydrogen (secondary N) is 2. The van der Waals surface area contributed by atoms with Crippen LogP contribution in [0.3, 0.4) is 0 Å². The maximum absolute atomic E-state index is 12.1. The van der Waals surface area contributed by atoms with Crippen molar-refractivity contribution in [2.24, 2.45) is 0 Å². The molecule has 1 atom stereocenters. The third kappa shape index (κ3) is 5.26. The fourth-order valence-electron chi connectivity index (χ4n) is 1.84. The van der Waals surface area contributed by atoms with E-state index >= 15 is 0 Å². The highest BCUT2D eigenvalue weighted by Crippen LogP contribution is 2.25. The lowest BCUT2D eigenvalue weighted by Crippen LogP contribution is -2.33. The van der Waals surface area contributed by atoms with Crippen LogP contribution < -0.4 is 10.6 Å². The van der Waals surface area contributed by atoms with Crippen molar-refractivity contribution < 1.29 is 9.72 Å². The molecule has 0 bridgehead atoms. The van der Waals surface area contributed by atoms with E-state index in [1.54, 1.807) is 11.8 Å². The summed E-state index contributed by atoms with van der Waals surface area (Å²) >= 11 is 1.73. The monoisotopic (exact) mass is 311 g/mol. The van der Waals surface area contributed by atoms with Gasteiger partial charge in [0, 0.05) is 24.2 Å². The van der Waals surface area contributed by atoms with Gasteiger partial charge in [-0.2, -0.15) is 11.8 Å². The number of hydrogen-bond donors (Lipinski definition) is 2. The maximum Gasteiger partial charge on any atom is 0.292 e. The number of nitro groups is 1. The Kier molecular flexibility index (Phi) is 7.01. The minimum atomic E-state index is -0.458. The minimum Gasteiger partial charge on any atom is -0.380 e. The summed E-state index contributed by atoms with van der Waals surface area (Å²) in [6, 6.07) is 4.44. The first-order chi connectivity index (χ1) is 9.99. The van der Waals surface area contributed by atoms with Crippen molar-refractivity contribution in [3.63, 3.8) is 0 Å². The molecule has 0 radical (unpaired) electrons. The minimum absolute atomic E-state index is 0.0242. The summed E-state index contributed by atoms with van der Waals surface area (Å²) in [5.74, 6) is 0.766. The normalized spacial score (nSPS) is 11.8. The molecular formula is C14H21N3O3S. The molecule has 116 valence electrons. The summed E-state index contributed by atoms with van der Waals surface area (Å²) in [6.07, 6.45) is 2.91. The largest absolute Gasteiger partial charge is 0.380 e. The quantitative estimate of drug-likeness (QED) is 0.569. The molecule has 0 aliphatic carbocycles. The van der Waals surface area contributed by atoms with Gasteiger partial charge in [0.15, 0.2) is 0 Å². The molecule has 0 saturated heterocycles. The Hall–Kier alpha value is -1.76. The zero-order valence-corrected chi connectivity index (χ0v) is 13.3. The second kappa shape index (κ2) is 8.51. The Balaban J connectivity index is 2.85. The first kappa shape index (κ1) is 17.3. The second-order valence-corrected chi connectivity index (χ2v) is 5.66. The Bertz CT molecular complexity index is 508. The van der Waals surface area contributed by atoms with Crippen molar-refractivity contribution in [1.82, 2.24) is 5.32 Å². The molecule has 1 unspecified atom stereocenters. The molecule has 1 aromatic carbocycles. The van der Waals surface area contributed by atoms with E-state index in [1.807, 2.05) is 20.1 Å². The molecule has 0 spiro atoms. The van der Waals surface area contributed by atoms with Crippen LogP contribution in [0.4, 0.5) is 11.4 Å². The van der Waals surface area contributed by atoms with Gasteiger partial charge in [-0.15, -0.1) is 0 Å². The highest BCUT2D eigenvalue weighted by Gasteiger charge is 2.17. The summed E-state index contributed by atoms with van der Waals surface area (Å²) in [5, 5.41) is 16.8.